The monoisotopic (exact) mass is 365 g/mol. The average molecular weight is 365 g/mol. The number of methoxy groups -OCH3 is 2. The van der Waals surface area contributed by atoms with E-state index in [4.69, 9.17) is 9.47 Å². The molecular weight excluding hydrogens is 350 g/mol. The highest BCUT2D eigenvalue weighted by atomic mass is 32.1. The van der Waals surface area contributed by atoms with Crippen molar-refractivity contribution < 1.29 is 9.47 Å². The Morgan fingerprint density at radius 1 is 0.962 bits per heavy atom. The molecule has 0 spiro atoms. The molecule has 0 radical (unpaired) electrons. The van der Waals surface area contributed by atoms with Crippen LogP contribution in [0.1, 0.15) is 0 Å². The van der Waals surface area contributed by atoms with E-state index in [1.165, 1.54) is 0 Å². The summed E-state index contributed by atoms with van der Waals surface area (Å²) in [5.74, 6) is 1.72. The molecule has 0 atom stereocenters. The molecule has 130 valence electrons. The highest BCUT2D eigenvalue weighted by Gasteiger charge is 2.10. The van der Waals surface area contributed by atoms with Gasteiger partial charge in [0.15, 0.2) is 16.7 Å². The zero-order valence-electron chi connectivity index (χ0n) is 14.1. The molecule has 0 saturated carbocycles. The van der Waals surface area contributed by atoms with Crippen molar-refractivity contribution in [1.82, 2.24) is 19.9 Å². The first-order valence-electron chi connectivity index (χ1n) is 7.79. The average Bonchev–Trinajstić information content (AvgIpc) is 3.09. The minimum Gasteiger partial charge on any atom is -0.491 e. The number of thiazole rings is 1. The standard InChI is InChI=1S/C18H15N5O2S/c1-24-14-7-12(9-21-17(14)25-2)11-3-4-13-15(8-11)26-18(22-13)23-16-10-19-5-6-20-16/h3-10H,1-2H3,(H,20,22,23). The smallest absolute Gasteiger partial charge is 0.256 e. The summed E-state index contributed by atoms with van der Waals surface area (Å²) in [5, 5.41) is 3.94. The van der Waals surface area contributed by atoms with Crippen LogP contribution in [0.25, 0.3) is 21.3 Å². The molecule has 7 nitrogen and oxygen atoms in total. The molecule has 0 saturated heterocycles. The van der Waals surface area contributed by atoms with Gasteiger partial charge < -0.3 is 14.8 Å². The largest absolute Gasteiger partial charge is 0.491 e. The minimum atomic E-state index is 0.463. The summed E-state index contributed by atoms with van der Waals surface area (Å²) in [4.78, 5) is 17.1. The van der Waals surface area contributed by atoms with Crippen LogP contribution in [0.4, 0.5) is 10.9 Å². The molecule has 1 aromatic carbocycles. The van der Waals surface area contributed by atoms with Crippen LogP contribution < -0.4 is 14.8 Å². The van der Waals surface area contributed by atoms with Crippen molar-refractivity contribution in [2.75, 3.05) is 19.5 Å². The highest BCUT2D eigenvalue weighted by Crippen LogP contribution is 2.34. The Labute approximate surface area is 153 Å². The van der Waals surface area contributed by atoms with E-state index < -0.39 is 0 Å². The van der Waals surface area contributed by atoms with E-state index in [1.54, 1.807) is 50.3 Å². The van der Waals surface area contributed by atoms with E-state index in [1.807, 2.05) is 18.2 Å². The van der Waals surface area contributed by atoms with Gasteiger partial charge in [-0.3, -0.25) is 4.98 Å². The lowest BCUT2D eigenvalue weighted by atomic mass is 10.1. The number of rotatable bonds is 5. The number of hydrogen-bond donors (Lipinski definition) is 1. The molecule has 26 heavy (non-hydrogen) atoms. The van der Waals surface area contributed by atoms with Crippen molar-refractivity contribution in [1.29, 1.82) is 0 Å². The molecule has 0 aliphatic carbocycles. The lowest BCUT2D eigenvalue weighted by Crippen LogP contribution is -1.93. The van der Waals surface area contributed by atoms with Gasteiger partial charge in [0.2, 0.25) is 0 Å². The third-order valence-electron chi connectivity index (χ3n) is 3.75. The van der Waals surface area contributed by atoms with E-state index in [2.05, 4.69) is 31.3 Å². The molecule has 0 aliphatic rings. The lowest BCUT2D eigenvalue weighted by molar-refractivity contribution is 0.343. The number of nitrogens with one attached hydrogen (secondary N) is 1. The first-order valence-corrected chi connectivity index (χ1v) is 8.60. The number of hydrogen-bond acceptors (Lipinski definition) is 8. The van der Waals surface area contributed by atoms with E-state index >= 15 is 0 Å². The van der Waals surface area contributed by atoms with Gasteiger partial charge in [-0.2, -0.15) is 0 Å². The number of aromatic nitrogens is 4. The molecule has 0 amide bonds. The molecule has 3 heterocycles. The van der Waals surface area contributed by atoms with E-state index in [9.17, 15) is 0 Å². The van der Waals surface area contributed by atoms with Crippen molar-refractivity contribution in [3.05, 3.63) is 49.1 Å². The topological polar surface area (TPSA) is 82.0 Å². The van der Waals surface area contributed by atoms with Crippen LogP contribution in [0, 0.1) is 0 Å². The maximum absolute atomic E-state index is 5.34. The summed E-state index contributed by atoms with van der Waals surface area (Å²) in [6.07, 6.45) is 6.69. The Morgan fingerprint density at radius 3 is 2.65 bits per heavy atom. The maximum atomic E-state index is 5.34. The predicted octanol–water partition coefficient (Wildman–Crippen LogP) is 3.91. The molecule has 0 bridgehead atoms. The number of nitrogens with zero attached hydrogens (tertiary/aromatic N) is 4. The first kappa shape index (κ1) is 16.2. The minimum absolute atomic E-state index is 0.463. The van der Waals surface area contributed by atoms with E-state index in [0.29, 0.717) is 17.4 Å². The van der Waals surface area contributed by atoms with Crippen LogP contribution in [0.2, 0.25) is 0 Å². The zero-order chi connectivity index (χ0) is 17.9. The molecule has 4 aromatic rings. The van der Waals surface area contributed by atoms with Crippen LogP contribution in [-0.2, 0) is 0 Å². The van der Waals surface area contributed by atoms with E-state index in [-0.39, 0.29) is 0 Å². The SMILES string of the molecule is COc1cc(-c2ccc3nc(Nc4cnccn4)sc3c2)cnc1OC. The van der Waals surface area contributed by atoms with Gasteiger partial charge in [0, 0.05) is 24.2 Å². The summed E-state index contributed by atoms with van der Waals surface area (Å²) in [6, 6.07) is 7.99. The summed E-state index contributed by atoms with van der Waals surface area (Å²) in [6.45, 7) is 0. The van der Waals surface area contributed by atoms with Crippen LogP contribution in [0.15, 0.2) is 49.1 Å². The van der Waals surface area contributed by atoms with Gasteiger partial charge in [0.25, 0.3) is 5.88 Å². The number of ether oxygens (including phenoxy) is 2. The fraction of sp³-hybridized carbons (Fsp3) is 0.111. The molecule has 0 aliphatic heterocycles. The Hall–Kier alpha value is -3.26. The number of pyridine rings is 1. The van der Waals surface area contributed by atoms with Crippen molar-refractivity contribution in [2.24, 2.45) is 0 Å². The van der Waals surface area contributed by atoms with Gasteiger partial charge in [-0.25, -0.2) is 15.0 Å². The van der Waals surface area contributed by atoms with Gasteiger partial charge in [-0.15, -0.1) is 0 Å². The van der Waals surface area contributed by atoms with Crippen LogP contribution in [-0.4, -0.2) is 34.2 Å². The van der Waals surface area contributed by atoms with Gasteiger partial charge in [0.1, 0.15) is 0 Å². The third kappa shape index (κ3) is 3.14. The number of benzene rings is 1. The van der Waals surface area contributed by atoms with Gasteiger partial charge >= 0.3 is 0 Å². The molecule has 3 aromatic heterocycles. The zero-order valence-corrected chi connectivity index (χ0v) is 14.9. The highest BCUT2D eigenvalue weighted by molar-refractivity contribution is 7.22. The summed E-state index contributed by atoms with van der Waals surface area (Å²) >= 11 is 1.55. The Morgan fingerprint density at radius 2 is 1.88 bits per heavy atom. The van der Waals surface area contributed by atoms with Gasteiger partial charge in [-0.1, -0.05) is 17.4 Å². The van der Waals surface area contributed by atoms with Gasteiger partial charge in [-0.05, 0) is 23.8 Å². The molecule has 4 rings (SSSR count). The Balaban J connectivity index is 1.67. The van der Waals surface area contributed by atoms with Gasteiger partial charge in [0.05, 0.1) is 30.6 Å². The maximum Gasteiger partial charge on any atom is 0.256 e. The number of anilines is 2. The second-order valence-electron chi connectivity index (χ2n) is 5.35. The normalized spacial score (nSPS) is 10.7. The summed E-state index contributed by atoms with van der Waals surface area (Å²) in [7, 11) is 3.17. The fourth-order valence-electron chi connectivity index (χ4n) is 2.52. The summed E-state index contributed by atoms with van der Waals surface area (Å²) < 4.78 is 11.6. The summed E-state index contributed by atoms with van der Waals surface area (Å²) in [5.41, 5.74) is 2.89. The molecule has 0 unspecified atom stereocenters. The van der Waals surface area contributed by atoms with Crippen molar-refractivity contribution in [3.8, 4) is 22.8 Å². The molecule has 1 N–H and O–H groups in total. The Bertz CT molecular complexity index is 1050. The van der Waals surface area contributed by atoms with Crippen molar-refractivity contribution in [3.63, 3.8) is 0 Å². The second-order valence-corrected chi connectivity index (χ2v) is 6.38. The molecular formula is C18H15N5O2S. The Kier molecular flexibility index (Phi) is 4.32. The lowest BCUT2D eigenvalue weighted by Gasteiger charge is -2.08. The predicted molar refractivity (Wildman–Crippen MR) is 101 cm³/mol. The quantitative estimate of drug-likeness (QED) is 0.574. The molecule has 0 fully saturated rings. The van der Waals surface area contributed by atoms with Crippen LogP contribution >= 0.6 is 11.3 Å². The van der Waals surface area contributed by atoms with Crippen LogP contribution in [0.5, 0.6) is 11.6 Å². The molecule has 8 heteroatoms. The number of fused-ring (bicyclic) bond motifs is 1. The van der Waals surface area contributed by atoms with Crippen molar-refractivity contribution in [2.45, 2.75) is 0 Å². The van der Waals surface area contributed by atoms with E-state index in [0.717, 1.165) is 26.5 Å². The van der Waals surface area contributed by atoms with Crippen molar-refractivity contribution >= 4 is 32.5 Å². The fourth-order valence-corrected chi connectivity index (χ4v) is 3.43. The first-order chi connectivity index (χ1) is 12.8. The third-order valence-corrected chi connectivity index (χ3v) is 4.69. The second kappa shape index (κ2) is 6.93. The van der Waals surface area contributed by atoms with Crippen LogP contribution in [0.3, 0.4) is 0 Å².